The molecule has 0 aliphatic carbocycles. The highest BCUT2D eigenvalue weighted by Gasteiger charge is 2.31. The van der Waals surface area contributed by atoms with Crippen molar-refractivity contribution >= 4 is 27.2 Å². The second kappa shape index (κ2) is 6.39. The van der Waals surface area contributed by atoms with Gasteiger partial charge in [-0.15, -0.1) is 0 Å². The third kappa shape index (κ3) is 3.42. The number of piperazine rings is 1. The zero-order chi connectivity index (χ0) is 15.6. The van der Waals surface area contributed by atoms with Crippen molar-refractivity contribution in [1.29, 1.82) is 0 Å². The maximum atomic E-state index is 12.7. The molecule has 0 spiro atoms. The van der Waals surface area contributed by atoms with Crippen LogP contribution in [0.25, 0.3) is 0 Å². The van der Waals surface area contributed by atoms with E-state index in [4.69, 9.17) is 18.0 Å². The van der Waals surface area contributed by atoms with Crippen molar-refractivity contribution in [1.82, 2.24) is 9.21 Å². The Bertz CT molecular complexity index is 623. The van der Waals surface area contributed by atoms with Crippen LogP contribution in [0.2, 0.25) is 0 Å². The molecule has 5 nitrogen and oxygen atoms in total. The molecule has 1 aromatic rings. The highest BCUT2D eigenvalue weighted by Crippen LogP contribution is 2.21. The van der Waals surface area contributed by atoms with Crippen LogP contribution in [0.1, 0.15) is 12.5 Å². The normalized spacial score (nSPS) is 19.3. The summed E-state index contributed by atoms with van der Waals surface area (Å²) in [5.41, 5.74) is 6.43. The van der Waals surface area contributed by atoms with E-state index >= 15 is 0 Å². The maximum absolute atomic E-state index is 12.7. The molecule has 1 unspecified atom stereocenters. The number of hydrogen-bond acceptors (Lipinski definition) is 4. The average molecular weight is 327 g/mol. The Kier molecular flexibility index (Phi) is 4.98. The van der Waals surface area contributed by atoms with Gasteiger partial charge in [0.05, 0.1) is 15.9 Å². The number of aryl methyl sites for hydroxylation is 1. The van der Waals surface area contributed by atoms with E-state index < -0.39 is 10.0 Å². The lowest BCUT2D eigenvalue weighted by Crippen LogP contribution is -2.53. The number of sulfonamides is 1. The smallest absolute Gasteiger partial charge is 0.243 e. The molecule has 0 amide bonds. The molecule has 116 valence electrons. The van der Waals surface area contributed by atoms with Gasteiger partial charge in [0.15, 0.2) is 0 Å². The van der Waals surface area contributed by atoms with Crippen molar-refractivity contribution in [2.45, 2.75) is 24.8 Å². The highest BCUT2D eigenvalue weighted by atomic mass is 32.2. The number of hydrogen-bond donors (Lipinski definition) is 1. The van der Waals surface area contributed by atoms with Gasteiger partial charge in [0.25, 0.3) is 0 Å². The van der Waals surface area contributed by atoms with Crippen LogP contribution in [0.4, 0.5) is 0 Å². The van der Waals surface area contributed by atoms with Gasteiger partial charge in [0.1, 0.15) is 0 Å². The minimum Gasteiger partial charge on any atom is -0.392 e. The monoisotopic (exact) mass is 327 g/mol. The Morgan fingerprint density at radius 3 is 2.33 bits per heavy atom. The molecule has 21 heavy (non-hydrogen) atoms. The van der Waals surface area contributed by atoms with E-state index in [1.54, 1.807) is 12.1 Å². The van der Waals surface area contributed by atoms with Crippen molar-refractivity contribution in [2.24, 2.45) is 5.73 Å². The molecule has 1 atom stereocenters. The molecule has 1 aliphatic heterocycles. The van der Waals surface area contributed by atoms with E-state index in [0.29, 0.717) is 36.1 Å². The van der Waals surface area contributed by atoms with Gasteiger partial charge in [-0.2, -0.15) is 4.31 Å². The van der Waals surface area contributed by atoms with Crippen molar-refractivity contribution in [3.8, 4) is 0 Å². The fourth-order valence-corrected chi connectivity index (χ4v) is 4.29. The molecule has 2 N–H and O–H groups in total. The van der Waals surface area contributed by atoms with E-state index in [0.717, 1.165) is 5.56 Å². The zero-order valence-electron chi connectivity index (χ0n) is 12.3. The molecule has 1 heterocycles. The second-order valence-corrected chi connectivity index (χ2v) is 7.66. The summed E-state index contributed by atoms with van der Waals surface area (Å²) in [6.07, 6.45) is 0. The molecular weight excluding hydrogens is 306 g/mol. The minimum absolute atomic E-state index is 0.00307. The SMILES string of the molecule is Cc1ccccc1S(=O)(=O)N1CCN(C(C)C(N)=S)CC1. The maximum Gasteiger partial charge on any atom is 0.243 e. The van der Waals surface area contributed by atoms with E-state index in [2.05, 4.69) is 4.90 Å². The van der Waals surface area contributed by atoms with E-state index in [1.807, 2.05) is 26.0 Å². The topological polar surface area (TPSA) is 66.6 Å². The van der Waals surface area contributed by atoms with Crippen LogP contribution < -0.4 is 5.73 Å². The summed E-state index contributed by atoms with van der Waals surface area (Å²) in [6, 6.07) is 7.08. The molecule has 7 heteroatoms. The van der Waals surface area contributed by atoms with Crippen LogP contribution in [0.15, 0.2) is 29.2 Å². The Balaban J connectivity index is 2.12. The molecular formula is C14H21N3O2S2. The van der Waals surface area contributed by atoms with Crippen molar-refractivity contribution in [3.63, 3.8) is 0 Å². The minimum atomic E-state index is -3.42. The Morgan fingerprint density at radius 1 is 1.24 bits per heavy atom. The van der Waals surface area contributed by atoms with Crippen LogP contribution in [0, 0.1) is 6.92 Å². The van der Waals surface area contributed by atoms with Gasteiger partial charge in [-0.05, 0) is 25.5 Å². The lowest BCUT2D eigenvalue weighted by Gasteiger charge is -2.37. The van der Waals surface area contributed by atoms with Crippen LogP contribution in [0.3, 0.4) is 0 Å². The first-order valence-corrected chi connectivity index (χ1v) is 8.78. The molecule has 1 aliphatic rings. The van der Waals surface area contributed by atoms with Crippen molar-refractivity contribution < 1.29 is 8.42 Å². The quantitative estimate of drug-likeness (QED) is 0.835. The molecule has 0 bridgehead atoms. The third-order valence-corrected chi connectivity index (χ3v) is 6.34. The van der Waals surface area contributed by atoms with Gasteiger partial charge in [-0.25, -0.2) is 8.42 Å². The number of rotatable bonds is 4. The predicted molar refractivity (Wildman–Crippen MR) is 87.8 cm³/mol. The number of thiocarbonyl (C=S) groups is 1. The molecule has 1 aromatic carbocycles. The second-order valence-electron chi connectivity index (χ2n) is 5.28. The van der Waals surface area contributed by atoms with Gasteiger partial charge in [0.2, 0.25) is 10.0 Å². The highest BCUT2D eigenvalue weighted by molar-refractivity contribution is 7.89. The van der Waals surface area contributed by atoms with Gasteiger partial charge in [-0.3, -0.25) is 4.90 Å². The molecule has 1 fully saturated rings. The first-order valence-electron chi connectivity index (χ1n) is 6.93. The zero-order valence-corrected chi connectivity index (χ0v) is 14.0. The molecule has 0 radical (unpaired) electrons. The summed E-state index contributed by atoms with van der Waals surface area (Å²) >= 11 is 5.00. The fraction of sp³-hybridized carbons (Fsp3) is 0.500. The van der Waals surface area contributed by atoms with Crippen LogP contribution in [-0.4, -0.2) is 54.8 Å². The van der Waals surface area contributed by atoms with Crippen LogP contribution in [-0.2, 0) is 10.0 Å². The first-order chi connectivity index (χ1) is 9.84. The standard InChI is InChI=1S/C14H21N3O2S2/c1-11-5-3-4-6-13(11)21(18,19)17-9-7-16(8-10-17)12(2)14(15)20/h3-6,12H,7-10H2,1-2H3,(H2,15,20). The van der Waals surface area contributed by atoms with Crippen LogP contribution in [0.5, 0.6) is 0 Å². The molecule has 0 aromatic heterocycles. The van der Waals surface area contributed by atoms with Crippen molar-refractivity contribution in [3.05, 3.63) is 29.8 Å². The Morgan fingerprint density at radius 2 is 1.81 bits per heavy atom. The predicted octanol–water partition coefficient (Wildman–Crippen LogP) is 0.976. The van der Waals surface area contributed by atoms with Gasteiger partial charge in [-0.1, -0.05) is 30.4 Å². The lowest BCUT2D eigenvalue weighted by molar-refractivity contribution is 0.175. The van der Waals surface area contributed by atoms with E-state index in [9.17, 15) is 8.42 Å². The number of nitrogens with zero attached hydrogens (tertiary/aromatic N) is 2. The lowest BCUT2D eigenvalue weighted by atomic mass is 10.2. The average Bonchev–Trinajstić information content (AvgIpc) is 2.46. The van der Waals surface area contributed by atoms with Gasteiger partial charge >= 0.3 is 0 Å². The van der Waals surface area contributed by atoms with Gasteiger partial charge < -0.3 is 5.73 Å². The number of nitrogens with two attached hydrogens (primary N) is 1. The first kappa shape index (κ1) is 16.4. The third-order valence-electron chi connectivity index (χ3n) is 3.94. The summed E-state index contributed by atoms with van der Waals surface area (Å²) in [5.74, 6) is 0. The Labute approximate surface area is 131 Å². The largest absolute Gasteiger partial charge is 0.392 e. The summed E-state index contributed by atoms with van der Waals surface area (Å²) < 4.78 is 26.9. The molecule has 2 rings (SSSR count). The molecule has 1 saturated heterocycles. The van der Waals surface area contributed by atoms with E-state index in [1.165, 1.54) is 4.31 Å². The molecule has 0 saturated carbocycles. The summed E-state index contributed by atoms with van der Waals surface area (Å²) in [6.45, 7) is 5.98. The summed E-state index contributed by atoms with van der Waals surface area (Å²) in [5, 5.41) is 0. The van der Waals surface area contributed by atoms with E-state index in [-0.39, 0.29) is 6.04 Å². The summed E-state index contributed by atoms with van der Waals surface area (Å²) in [4.78, 5) is 2.96. The fourth-order valence-electron chi connectivity index (χ4n) is 2.50. The number of benzene rings is 1. The Hall–Kier alpha value is -1.02. The summed E-state index contributed by atoms with van der Waals surface area (Å²) in [7, 11) is -3.42. The van der Waals surface area contributed by atoms with Gasteiger partial charge in [0, 0.05) is 26.2 Å². The van der Waals surface area contributed by atoms with Crippen molar-refractivity contribution in [2.75, 3.05) is 26.2 Å². The van der Waals surface area contributed by atoms with Crippen LogP contribution >= 0.6 is 12.2 Å².